The Morgan fingerprint density at radius 1 is 1.18 bits per heavy atom. The number of pyridine rings is 1. The van der Waals surface area contributed by atoms with Gasteiger partial charge in [-0.3, -0.25) is 0 Å². The van der Waals surface area contributed by atoms with E-state index in [0.29, 0.717) is 34.3 Å². The molecule has 2 fully saturated rings. The lowest BCUT2D eigenvalue weighted by molar-refractivity contribution is 0.161. The third-order valence-corrected chi connectivity index (χ3v) is 7.26. The van der Waals surface area contributed by atoms with Gasteiger partial charge in [-0.05, 0) is 74.6 Å². The number of aromatic nitrogens is 1. The van der Waals surface area contributed by atoms with E-state index in [0.717, 1.165) is 55.8 Å². The minimum absolute atomic E-state index is 0.239. The molecule has 2 saturated carbocycles. The zero-order chi connectivity index (χ0) is 23.4. The normalized spacial score (nSPS) is 22.6. The van der Waals surface area contributed by atoms with Crippen LogP contribution in [-0.4, -0.2) is 43.4 Å². The monoisotopic (exact) mass is 474 g/mol. The average Bonchev–Trinajstić information content (AvgIpc) is 3.53. The Balaban J connectivity index is 1.39. The lowest BCUT2D eigenvalue weighted by Crippen LogP contribution is -2.42. The van der Waals surface area contributed by atoms with Crippen LogP contribution in [0.15, 0.2) is 30.5 Å². The quantitative estimate of drug-likeness (QED) is 0.388. The van der Waals surface area contributed by atoms with Gasteiger partial charge in [0, 0.05) is 43.5 Å². The van der Waals surface area contributed by atoms with Crippen molar-refractivity contribution in [1.82, 2.24) is 10.3 Å². The van der Waals surface area contributed by atoms with Crippen molar-refractivity contribution >= 4 is 23.1 Å². The van der Waals surface area contributed by atoms with Gasteiger partial charge >= 0.3 is 0 Å². The Kier molecular flexibility index (Phi) is 7.77. The molecule has 2 aliphatic carbocycles. The van der Waals surface area contributed by atoms with Crippen LogP contribution in [0.2, 0.25) is 5.02 Å². The van der Waals surface area contributed by atoms with Crippen molar-refractivity contribution in [2.24, 2.45) is 5.41 Å². The number of rotatable bonds is 10. The van der Waals surface area contributed by atoms with Gasteiger partial charge in [-0.2, -0.15) is 0 Å². The van der Waals surface area contributed by atoms with Crippen LogP contribution in [0.1, 0.15) is 52.4 Å². The molecule has 1 heterocycles. The SMILES string of the molecule is COC[C@@H](C)N[C@H]1CC[C@H](Nc2cc(-c3ccc(F)c(NCC4(C)CC4)c3)c(Cl)cn2)CC1. The van der Waals surface area contributed by atoms with Crippen molar-refractivity contribution in [2.75, 3.05) is 30.9 Å². The molecule has 0 aliphatic heterocycles. The lowest BCUT2D eigenvalue weighted by Gasteiger charge is -2.32. The van der Waals surface area contributed by atoms with Gasteiger partial charge in [0.1, 0.15) is 11.6 Å². The van der Waals surface area contributed by atoms with Gasteiger partial charge < -0.3 is 20.7 Å². The summed E-state index contributed by atoms with van der Waals surface area (Å²) >= 11 is 6.50. The first-order chi connectivity index (χ1) is 15.8. The molecule has 0 saturated heterocycles. The summed E-state index contributed by atoms with van der Waals surface area (Å²) in [6, 6.07) is 8.40. The Hall–Kier alpha value is -1.89. The summed E-state index contributed by atoms with van der Waals surface area (Å²) < 4.78 is 19.6. The molecule has 0 unspecified atom stereocenters. The van der Waals surface area contributed by atoms with Crippen molar-refractivity contribution in [3.8, 4) is 11.1 Å². The van der Waals surface area contributed by atoms with Crippen molar-refractivity contribution in [1.29, 1.82) is 0 Å². The zero-order valence-electron chi connectivity index (χ0n) is 19.9. The Morgan fingerprint density at radius 2 is 1.91 bits per heavy atom. The number of halogens is 2. The summed E-state index contributed by atoms with van der Waals surface area (Å²) in [5.41, 5.74) is 2.56. The Bertz CT molecular complexity index is 944. The topological polar surface area (TPSA) is 58.2 Å². The van der Waals surface area contributed by atoms with Crippen LogP contribution < -0.4 is 16.0 Å². The van der Waals surface area contributed by atoms with Gasteiger partial charge in [-0.25, -0.2) is 9.37 Å². The van der Waals surface area contributed by atoms with Crippen LogP contribution >= 0.6 is 11.6 Å². The largest absolute Gasteiger partial charge is 0.383 e. The van der Waals surface area contributed by atoms with Crippen LogP contribution in [0, 0.1) is 11.2 Å². The van der Waals surface area contributed by atoms with E-state index in [-0.39, 0.29) is 5.82 Å². The number of hydrogen-bond acceptors (Lipinski definition) is 5. The number of benzene rings is 1. The van der Waals surface area contributed by atoms with Gasteiger partial charge in [0.25, 0.3) is 0 Å². The van der Waals surface area contributed by atoms with E-state index in [1.165, 1.54) is 18.9 Å². The minimum Gasteiger partial charge on any atom is -0.383 e. The molecule has 2 aromatic rings. The molecule has 4 rings (SSSR count). The van der Waals surface area contributed by atoms with Crippen LogP contribution in [-0.2, 0) is 4.74 Å². The number of nitrogens with one attached hydrogen (secondary N) is 3. The van der Waals surface area contributed by atoms with E-state index in [4.69, 9.17) is 16.3 Å². The Labute approximate surface area is 201 Å². The summed E-state index contributed by atoms with van der Waals surface area (Å²) in [4.78, 5) is 4.50. The zero-order valence-corrected chi connectivity index (χ0v) is 20.6. The van der Waals surface area contributed by atoms with E-state index in [1.54, 1.807) is 19.4 Å². The van der Waals surface area contributed by atoms with Gasteiger partial charge in [0.2, 0.25) is 0 Å². The predicted octanol–water partition coefficient (Wildman–Crippen LogP) is 6.10. The predicted molar refractivity (Wildman–Crippen MR) is 135 cm³/mol. The Morgan fingerprint density at radius 3 is 2.61 bits per heavy atom. The standard InChI is InChI=1S/C26H36ClFN4O/c1-17(15-33-3)31-19-5-7-20(8-6-19)32-25-13-21(22(27)14-29-25)18-4-9-23(28)24(12-18)30-16-26(2)10-11-26/h4,9,12-14,17,19-20,30-31H,5-8,10-11,15-16H2,1-3H3,(H,29,32)/t17-,19-,20-/m1/s1. The number of nitrogens with zero attached hydrogens (tertiary/aromatic N) is 1. The number of anilines is 2. The maximum atomic E-state index is 14.4. The molecule has 2 aliphatic rings. The molecule has 1 aromatic heterocycles. The highest BCUT2D eigenvalue weighted by atomic mass is 35.5. The van der Waals surface area contributed by atoms with Crippen molar-refractivity contribution in [2.45, 2.75) is 70.5 Å². The van der Waals surface area contributed by atoms with Crippen LogP contribution in [0.5, 0.6) is 0 Å². The van der Waals surface area contributed by atoms with Gasteiger partial charge in [0.15, 0.2) is 0 Å². The van der Waals surface area contributed by atoms with Gasteiger partial charge in [0.05, 0.1) is 17.3 Å². The molecule has 33 heavy (non-hydrogen) atoms. The number of methoxy groups -OCH3 is 1. The third-order valence-electron chi connectivity index (χ3n) is 6.96. The summed E-state index contributed by atoms with van der Waals surface area (Å²) in [6.45, 7) is 5.90. The first kappa shape index (κ1) is 24.2. The molecule has 0 amide bonds. The molecular formula is C26H36ClFN4O. The fraction of sp³-hybridized carbons (Fsp3) is 0.577. The maximum absolute atomic E-state index is 14.4. The highest BCUT2D eigenvalue weighted by molar-refractivity contribution is 6.33. The minimum atomic E-state index is -0.239. The summed E-state index contributed by atoms with van der Waals surface area (Å²) in [5.74, 6) is 0.569. The van der Waals surface area contributed by atoms with Crippen LogP contribution in [0.3, 0.4) is 0 Å². The molecule has 3 N–H and O–H groups in total. The highest BCUT2D eigenvalue weighted by Crippen LogP contribution is 2.45. The second kappa shape index (κ2) is 10.6. The summed E-state index contributed by atoms with van der Waals surface area (Å²) in [6.07, 6.45) is 8.48. The fourth-order valence-electron chi connectivity index (χ4n) is 4.58. The third kappa shape index (κ3) is 6.58. The molecule has 5 nitrogen and oxygen atoms in total. The van der Waals surface area contributed by atoms with Gasteiger partial charge in [-0.1, -0.05) is 24.6 Å². The van der Waals surface area contributed by atoms with E-state index in [2.05, 4.69) is 34.8 Å². The van der Waals surface area contributed by atoms with Crippen molar-refractivity contribution in [3.05, 3.63) is 41.3 Å². The number of ether oxygens (including phenoxy) is 1. The molecule has 1 atom stereocenters. The molecule has 7 heteroatoms. The number of hydrogen-bond donors (Lipinski definition) is 3. The van der Waals surface area contributed by atoms with E-state index >= 15 is 0 Å². The molecule has 0 bridgehead atoms. The maximum Gasteiger partial charge on any atom is 0.146 e. The average molecular weight is 475 g/mol. The van der Waals surface area contributed by atoms with Crippen LogP contribution in [0.4, 0.5) is 15.9 Å². The van der Waals surface area contributed by atoms with Gasteiger partial charge in [-0.15, -0.1) is 0 Å². The van der Waals surface area contributed by atoms with E-state index in [1.807, 2.05) is 12.1 Å². The molecule has 0 radical (unpaired) electrons. The van der Waals surface area contributed by atoms with Crippen molar-refractivity contribution in [3.63, 3.8) is 0 Å². The summed E-state index contributed by atoms with van der Waals surface area (Å²) in [7, 11) is 1.74. The van der Waals surface area contributed by atoms with E-state index in [9.17, 15) is 4.39 Å². The van der Waals surface area contributed by atoms with E-state index < -0.39 is 0 Å². The smallest absolute Gasteiger partial charge is 0.146 e. The fourth-order valence-corrected chi connectivity index (χ4v) is 4.79. The second-order valence-electron chi connectivity index (χ2n) is 10.1. The second-order valence-corrected chi connectivity index (χ2v) is 10.5. The first-order valence-corrected chi connectivity index (χ1v) is 12.4. The first-order valence-electron chi connectivity index (χ1n) is 12.1. The van der Waals surface area contributed by atoms with Crippen molar-refractivity contribution < 1.29 is 9.13 Å². The lowest BCUT2D eigenvalue weighted by atomic mass is 9.90. The molecule has 1 aromatic carbocycles. The summed E-state index contributed by atoms with van der Waals surface area (Å²) in [5, 5.41) is 11.1. The molecule has 180 valence electrons. The molecule has 0 spiro atoms. The highest BCUT2D eigenvalue weighted by Gasteiger charge is 2.36. The molecular weight excluding hydrogens is 439 g/mol. The van der Waals surface area contributed by atoms with Crippen LogP contribution in [0.25, 0.3) is 11.1 Å².